The van der Waals surface area contributed by atoms with Crippen molar-refractivity contribution in [1.82, 2.24) is 15.5 Å². The van der Waals surface area contributed by atoms with Gasteiger partial charge < -0.3 is 5.32 Å². The molecule has 1 aromatic rings. The van der Waals surface area contributed by atoms with E-state index in [-0.39, 0.29) is 16.0 Å². The highest BCUT2D eigenvalue weighted by Gasteiger charge is 2.41. The van der Waals surface area contributed by atoms with Gasteiger partial charge in [-0.3, -0.25) is 9.89 Å². The van der Waals surface area contributed by atoms with E-state index in [9.17, 15) is 13.2 Å². The molecule has 1 heterocycles. The van der Waals surface area contributed by atoms with Crippen LogP contribution in [0.2, 0.25) is 0 Å². The largest absolute Gasteiger partial charge is 0.350 e. The van der Waals surface area contributed by atoms with Crippen molar-refractivity contribution >= 4 is 25.6 Å². The zero-order valence-corrected chi connectivity index (χ0v) is 13.1. The van der Waals surface area contributed by atoms with E-state index in [0.717, 1.165) is 19.3 Å². The van der Waals surface area contributed by atoms with Crippen molar-refractivity contribution in [2.24, 2.45) is 5.41 Å². The van der Waals surface area contributed by atoms with Crippen LogP contribution in [-0.2, 0) is 15.5 Å². The highest BCUT2D eigenvalue weighted by atomic mass is 35.7. The first-order valence-corrected chi connectivity index (χ1v) is 8.94. The van der Waals surface area contributed by atoms with Gasteiger partial charge in [-0.05, 0) is 31.1 Å². The molecule has 20 heavy (non-hydrogen) atoms. The Morgan fingerprint density at radius 1 is 1.45 bits per heavy atom. The van der Waals surface area contributed by atoms with Gasteiger partial charge in [-0.2, -0.15) is 5.10 Å². The summed E-state index contributed by atoms with van der Waals surface area (Å²) in [7, 11) is 1.39. The van der Waals surface area contributed by atoms with Crippen LogP contribution in [-0.4, -0.2) is 31.1 Å². The smallest absolute Gasteiger partial charge is 0.273 e. The molecule has 0 bridgehead atoms. The number of carbonyl (C=O) groups excluding carboxylic acids is 1. The lowest BCUT2D eigenvalue weighted by Gasteiger charge is -2.12. The van der Waals surface area contributed by atoms with Crippen molar-refractivity contribution in [3.63, 3.8) is 0 Å². The minimum absolute atomic E-state index is 0.149. The number of amides is 1. The van der Waals surface area contributed by atoms with Crippen molar-refractivity contribution in [2.45, 2.75) is 44.4 Å². The molecule has 0 spiro atoms. The average molecular weight is 320 g/mol. The Morgan fingerprint density at radius 2 is 2.10 bits per heavy atom. The van der Waals surface area contributed by atoms with E-state index in [1.165, 1.54) is 0 Å². The lowest BCUT2D eigenvalue weighted by atomic mass is 10.0. The van der Waals surface area contributed by atoms with Crippen LogP contribution in [0.4, 0.5) is 0 Å². The molecule has 8 heteroatoms. The monoisotopic (exact) mass is 319 g/mol. The number of rotatable bonds is 6. The molecule has 6 nitrogen and oxygen atoms in total. The highest BCUT2D eigenvalue weighted by molar-refractivity contribution is 8.13. The second-order valence-corrected chi connectivity index (χ2v) is 7.71. The third-order valence-corrected chi connectivity index (χ3v) is 5.33. The zero-order valence-electron chi connectivity index (χ0n) is 11.5. The van der Waals surface area contributed by atoms with Gasteiger partial charge in [0.1, 0.15) is 4.90 Å². The van der Waals surface area contributed by atoms with E-state index in [0.29, 0.717) is 18.7 Å². The van der Waals surface area contributed by atoms with Crippen LogP contribution in [0.5, 0.6) is 0 Å². The predicted molar refractivity (Wildman–Crippen MR) is 75.3 cm³/mol. The fourth-order valence-corrected chi connectivity index (χ4v) is 3.56. The van der Waals surface area contributed by atoms with Gasteiger partial charge >= 0.3 is 0 Å². The molecule has 0 saturated heterocycles. The summed E-state index contributed by atoms with van der Waals surface area (Å²) in [5.41, 5.74) is 0.380. The van der Waals surface area contributed by atoms with Gasteiger partial charge in [0.05, 0.1) is 5.69 Å². The maximum absolute atomic E-state index is 12.1. The fourth-order valence-electron chi connectivity index (χ4n) is 2.21. The van der Waals surface area contributed by atoms with Crippen molar-refractivity contribution in [3.05, 3.63) is 11.4 Å². The van der Waals surface area contributed by atoms with Crippen LogP contribution in [0.25, 0.3) is 0 Å². The quantitative estimate of drug-likeness (QED) is 0.782. The minimum Gasteiger partial charge on any atom is -0.350 e. The predicted octanol–water partition coefficient (Wildman–Crippen LogP) is 1.82. The second kappa shape index (κ2) is 5.37. The minimum atomic E-state index is -4.00. The molecule has 112 valence electrons. The Morgan fingerprint density at radius 3 is 2.55 bits per heavy atom. The Balaban J connectivity index is 2.20. The number of H-pyrrole nitrogens is 1. The Hall–Kier alpha value is -1.08. The maximum atomic E-state index is 12.1. The normalized spacial score (nSPS) is 16.9. The van der Waals surface area contributed by atoms with Gasteiger partial charge in [-0.15, -0.1) is 0 Å². The van der Waals surface area contributed by atoms with Crippen LogP contribution in [0.15, 0.2) is 4.90 Å². The number of halogens is 1. The molecule has 1 aromatic heterocycles. The van der Waals surface area contributed by atoms with Crippen LogP contribution < -0.4 is 5.32 Å². The number of nitrogens with zero attached hydrogens (tertiary/aromatic N) is 1. The maximum Gasteiger partial charge on any atom is 0.273 e. The van der Waals surface area contributed by atoms with Crippen molar-refractivity contribution < 1.29 is 13.2 Å². The average Bonchev–Trinajstić information content (AvgIpc) is 3.03. The topological polar surface area (TPSA) is 91.9 Å². The molecule has 0 aromatic carbocycles. The SMILES string of the molecule is CCc1[nH]nc(C(=O)NCC2(CC)CC2)c1S(=O)(=O)Cl. The molecule has 0 unspecified atom stereocenters. The first kappa shape index (κ1) is 15.3. The van der Waals surface area contributed by atoms with Gasteiger partial charge in [-0.1, -0.05) is 13.8 Å². The number of carbonyl (C=O) groups is 1. The van der Waals surface area contributed by atoms with Gasteiger partial charge in [0.2, 0.25) is 0 Å². The summed E-state index contributed by atoms with van der Waals surface area (Å²) < 4.78 is 23.2. The number of aryl methyl sites for hydroxylation is 1. The number of nitrogens with one attached hydrogen (secondary N) is 2. The van der Waals surface area contributed by atoms with E-state index in [1.807, 2.05) is 0 Å². The van der Waals surface area contributed by atoms with Crippen molar-refractivity contribution in [2.75, 3.05) is 6.54 Å². The number of aromatic amines is 1. The van der Waals surface area contributed by atoms with Crippen LogP contribution >= 0.6 is 10.7 Å². The van der Waals surface area contributed by atoms with Crippen LogP contribution in [0, 0.1) is 5.41 Å². The molecule has 2 N–H and O–H groups in total. The van der Waals surface area contributed by atoms with E-state index >= 15 is 0 Å². The van der Waals surface area contributed by atoms with E-state index in [1.54, 1.807) is 6.92 Å². The Bertz CT molecular complexity index is 620. The highest BCUT2D eigenvalue weighted by Crippen LogP contribution is 2.47. The van der Waals surface area contributed by atoms with Crippen molar-refractivity contribution in [3.8, 4) is 0 Å². The third kappa shape index (κ3) is 2.98. The molecular formula is C12H18ClN3O3S. The van der Waals surface area contributed by atoms with Gasteiger partial charge in [0.15, 0.2) is 5.69 Å². The lowest BCUT2D eigenvalue weighted by Crippen LogP contribution is -2.31. The number of hydrogen-bond acceptors (Lipinski definition) is 4. The molecule has 0 radical (unpaired) electrons. The number of aromatic nitrogens is 2. The summed E-state index contributed by atoms with van der Waals surface area (Å²) in [6, 6.07) is 0. The molecule has 0 atom stereocenters. The summed E-state index contributed by atoms with van der Waals surface area (Å²) in [6.07, 6.45) is 3.58. The van der Waals surface area contributed by atoms with Crippen LogP contribution in [0.3, 0.4) is 0 Å². The van der Waals surface area contributed by atoms with Crippen molar-refractivity contribution in [1.29, 1.82) is 0 Å². The fraction of sp³-hybridized carbons (Fsp3) is 0.667. The zero-order chi connectivity index (χ0) is 15.0. The summed E-state index contributed by atoms with van der Waals surface area (Å²) >= 11 is 0. The van der Waals surface area contributed by atoms with Gasteiger partial charge in [-0.25, -0.2) is 8.42 Å². The molecule has 1 saturated carbocycles. The first-order chi connectivity index (χ1) is 9.33. The lowest BCUT2D eigenvalue weighted by molar-refractivity contribution is 0.0936. The standard InChI is InChI=1S/C12H18ClN3O3S/c1-3-8-10(20(13,18)19)9(16-15-8)11(17)14-7-12(4-2)5-6-12/h3-7H2,1-2H3,(H,14,17)(H,15,16). The Labute approximate surface area is 122 Å². The Kier molecular flexibility index (Phi) is 4.11. The van der Waals surface area contributed by atoms with E-state index in [2.05, 4.69) is 22.4 Å². The molecule has 1 aliphatic rings. The third-order valence-electron chi connectivity index (χ3n) is 3.94. The number of hydrogen-bond donors (Lipinski definition) is 2. The van der Waals surface area contributed by atoms with E-state index in [4.69, 9.17) is 10.7 Å². The summed E-state index contributed by atoms with van der Waals surface area (Å²) in [5.74, 6) is -0.500. The van der Waals surface area contributed by atoms with E-state index < -0.39 is 15.0 Å². The summed E-state index contributed by atoms with van der Waals surface area (Å²) in [6.45, 7) is 4.38. The molecule has 1 amide bonds. The first-order valence-electron chi connectivity index (χ1n) is 6.63. The second-order valence-electron chi connectivity index (χ2n) is 5.21. The molecule has 1 aliphatic carbocycles. The molecule has 0 aliphatic heterocycles. The molecular weight excluding hydrogens is 302 g/mol. The van der Waals surface area contributed by atoms with Crippen LogP contribution in [0.1, 0.15) is 49.3 Å². The van der Waals surface area contributed by atoms with Gasteiger partial charge in [0, 0.05) is 17.2 Å². The van der Waals surface area contributed by atoms with Gasteiger partial charge in [0.25, 0.3) is 15.0 Å². The summed E-state index contributed by atoms with van der Waals surface area (Å²) in [4.78, 5) is 11.9. The molecule has 1 fully saturated rings. The molecule has 2 rings (SSSR count). The summed E-state index contributed by atoms with van der Waals surface area (Å²) in [5, 5.41) is 9.12.